The van der Waals surface area contributed by atoms with Crippen LogP contribution in [0.2, 0.25) is 0 Å². The lowest BCUT2D eigenvalue weighted by Gasteiger charge is -2.19. The first-order valence-electron chi connectivity index (χ1n) is 10.0. The fourth-order valence-electron chi connectivity index (χ4n) is 2.96. The predicted molar refractivity (Wildman–Crippen MR) is 118 cm³/mol. The molecule has 3 aromatic rings. The third-order valence-electron chi connectivity index (χ3n) is 4.44. The zero-order valence-corrected chi connectivity index (χ0v) is 18.0. The fourth-order valence-corrected chi connectivity index (χ4v) is 2.96. The molecule has 7 heteroatoms. The molecule has 1 amide bonds. The molecule has 0 bridgehead atoms. The second kappa shape index (κ2) is 10.4. The van der Waals surface area contributed by atoms with Gasteiger partial charge in [-0.05, 0) is 56.3 Å². The van der Waals surface area contributed by atoms with E-state index in [4.69, 9.17) is 14.2 Å². The van der Waals surface area contributed by atoms with Crippen LogP contribution < -0.4 is 14.8 Å². The minimum absolute atomic E-state index is 0.0701. The van der Waals surface area contributed by atoms with Gasteiger partial charge in [0.05, 0.1) is 18.8 Å². The third kappa shape index (κ3) is 5.85. The number of carbonyl (C=O) groups is 2. The first-order chi connectivity index (χ1) is 15.4. The van der Waals surface area contributed by atoms with Crippen LogP contribution in [0.5, 0.6) is 11.5 Å². The van der Waals surface area contributed by atoms with E-state index in [1.807, 2.05) is 13.8 Å². The molecule has 1 atom stereocenters. The molecule has 0 spiro atoms. The summed E-state index contributed by atoms with van der Waals surface area (Å²) in [5.74, 6) is -0.828. The van der Waals surface area contributed by atoms with Gasteiger partial charge in [-0.1, -0.05) is 30.3 Å². The van der Waals surface area contributed by atoms with Gasteiger partial charge >= 0.3 is 5.97 Å². The van der Waals surface area contributed by atoms with E-state index in [9.17, 15) is 14.0 Å². The summed E-state index contributed by atoms with van der Waals surface area (Å²) in [6, 6.07) is 18.6. The van der Waals surface area contributed by atoms with Gasteiger partial charge in [0, 0.05) is 11.3 Å². The summed E-state index contributed by atoms with van der Waals surface area (Å²) in [7, 11) is 1.47. The predicted octanol–water partition coefficient (Wildman–Crippen LogP) is 5.16. The van der Waals surface area contributed by atoms with Gasteiger partial charge in [-0.15, -0.1) is 0 Å². The number of halogens is 1. The van der Waals surface area contributed by atoms with E-state index < -0.39 is 23.8 Å². The molecule has 0 aliphatic carbocycles. The molecule has 0 radical (unpaired) electrons. The second-order valence-electron chi connectivity index (χ2n) is 7.22. The third-order valence-corrected chi connectivity index (χ3v) is 4.44. The van der Waals surface area contributed by atoms with Crippen LogP contribution in [0.1, 0.15) is 35.9 Å². The minimum Gasteiger partial charge on any atom is -0.493 e. The highest BCUT2D eigenvalue weighted by atomic mass is 19.1. The molecule has 3 aromatic carbocycles. The quantitative estimate of drug-likeness (QED) is 0.493. The van der Waals surface area contributed by atoms with Crippen LogP contribution in [-0.4, -0.2) is 25.1 Å². The number of nitrogens with one attached hydrogen (secondary N) is 1. The zero-order valence-electron chi connectivity index (χ0n) is 18.0. The van der Waals surface area contributed by atoms with E-state index in [1.165, 1.54) is 37.4 Å². The van der Waals surface area contributed by atoms with E-state index in [-0.39, 0.29) is 11.7 Å². The molecule has 3 rings (SSSR count). The number of anilines is 1. The van der Waals surface area contributed by atoms with Crippen LogP contribution in [-0.2, 0) is 9.53 Å². The Morgan fingerprint density at radius 3 is 2.22 bits per heavy atom. The SMILES string of the molecule is COc1cc(C(=O)OC(C(=O)Nc2ccc(F)cc2)c2ccccc2)ccc1OC(C)C. The maximum atomic E-state index is 13.2. The molecule has 0 saturated heterocycles. The number of carbonyl (C=O) groups excluding carboxylic acids is 2. The number of esters is 1. The summed E-state index contributed by atoms with van der Waals surface area (Å²) in [6.45, 7) is 3.76. The van der Waals surface area contributed by atoms with Crippen molar-refractivity contribution in [2.45, 2.75) is 26.1 Å². The lowest BCUT2D eigenvalue weighted by molar-refractivity contribution is -0.125. The van der Waals surface area contributed by atoms with Gasteiger partial charge in [-0.2, -0.15) is 0 Å². The smallest absolute Gasteiger partial charge is 0.339 e. The number of amides is 1. The van der Waals surface area contributed by atoms with Gasteiger partial charge in [0.1, 0.15) is 5.82 Å². The normalized spacial score (nSPS) is 11.5. The Balaban J connectivity index is 1.84. The molecule has 0 aliphatic heterocycles. The second-order valence-corrected chi connectivity index (χ2v) is 7.22. The van der Waals surface area contributed by atoms with E-state index in [1.54, 1.807) is 42.5 Å². The van der Waals surface area contributed by atoms with Crippen molar-refractivity contribution in [2.75, 3.05) is 12.4 Å². The van der Waals surface area contributed by atoms with E-state index in [0.717, 1.165) is 0 Å². The largest absolute Gasteiger partial charge is 0.493 e. The monoisotopic (exact) mass is 437 g/mol. The highest BCUT2D eigenvalue weighted by Crippen LogP contribution is 2.30. The first kappa shape index (κ1) is 22.8. The highest BCUT2D eigenvalue weighted by molar-refractivity contribution is 5.98. The van der Waals surface area contributed by atoms with Gasteiger partial charge in [0.15, 0.2) is 11.5 Å². The molecular weight excluding hydrogens is 413 g/mol. The molecule has 6 nitrogen and oxygen atoms in total. The van der Waals surface area contributed by atoms with Crippen molar-refractivity contribution in [1.29, 1.82) is 0 Å². The number of benzene rings is 3. The van der Waals surface area contributed by atoms with Crippen LogP contribution in [0, 0.1) is 5.82 Å². The van der Waals surface area contributed by atoms with Crippen LogP contribution in [0.4, 0.5) is 10.1 Å². The summed E-state index contributed by atoms with van der Waals surface area (Å²) >= 11 is 0. The lowest BCUT2D eigenvalue weighted by atomic mass is 10.1. The van der Waals surface area contributed by atoms with Crippen LogP contribution in [0.3, 0.4) is 0 Å². The van der Waals surface area contributed by atoms with Crippen molar-refractivity contribution >= 4 is 17.6 Å². The molecule has 32 heavy (non-hydrogen) atoms. The van der Waals surface area contributed by atoms with Gasteiger partial charge in [0.2, 0.25) is 6.10 Å². The number of hydrogen-bond donors (Lipinski definition) is 1. The van der Waals surface area contributed by atoms with Crippen molar-refractivity contribution in [3.8, 4) is 11.5 Å². The van der Waals surface area contributed by atoms with Crippen molar-refractivity contribution in [2.24, 2.45) is 0 Å². The average molecular weight is 437 g/mol. The summed E-state index contributed by atoms with van der Waals surface area (Å²) in [6.07, 6.45) is -1.29. The molecule has 0 heterocycles. The van der Waals surface area contributed by atoms with E-state index in [2.05, 4.69) is 5.32 Å². The standard InChI is InChI=1S/C25H24FNO5/c1-16(2)31-21-14-9-18(15-22(21)30-3)25(29)32-23(17-7-5-4-6-8-17)24(28)27-20-12-10-19(26)11-13-20/h4-16,23H,1-3H3,(H,27,28). The molecule has 0 aromatic heterocycles. The topological polar surface area (TPSA) is 73.9 Å². The Morgan fingerprint density at radius 1 is 0.906 bits per heavy atom. The van der Waals surface area contributed by atoms with Gasteiger partial charge in [-0.3, -0.25) is 4.79 Å². The Labute approximate surface area is 185 Å². The molecule has 0 saturated carbocycles. The molecule has 0 fully saturated rings. The van der Waals surface area contributed by atoms with E-state index >= 15 is 0 Å². The molecular formula is C25H24FNO5. The highest BCUT2D eigenvalue weighted by Gasteiger charge is 2.26. The van der Waals surface area contributed by atoms with Gasteiger partial charge in [-0.25, -0.2) is 9.18 Å². The maximum Gasteiger partial charge on any atom is 0.339 e. The zero-order chi connectivity index (χ0) is 23.1. The Morgan fingerprint density at radius 2 is 1.59 bits per heavy atom. The molecule has 0 aliphatic rings. The summed E-state index contributed by atoms with van der Waals surface area (Å²) in [4.78, 5) is 25.8. The van der Waals surface area contributed by atoms with Crippen LogP contribution in [0.15, 0.2) is 72.8 Å². The minimum atomic E-state index is -1.22. The Kier molecular flexibility index (Phi) is 7.44. The van der Waals surface area contributed by atoms with Gasteiger partial charge in [0.25, 0.3) is 5.91 Å². The van der Waals surface area contributed by atoms with Crippen molar-refractivity contribution in [3.05, 3.63) is 89.7 Å². The summed E-state index contributed by atoms with van der Waals surface area (Å²) < 4.78 is 29.7. The van der Waals surface area contributed by atoms with Crippen molar-refractivity contribution < 1.29 is 28.2 Å². The molecule has 166 valence electrons. The van der Waals surface area contributed by atoms with Crippen LogP contribution >= 0.6 is 0 Å². The lowest BCUT2D eigenvalue weighted by Crippen LogP contribution is -2.26. The summed E-state index contributed by atoms with van der Waals surface area (Å²) in [5.41, 5.74) is 1.07. The average Bonchev–Trinajstić information content (AvgIpc) is 2.79. The first-order valence-corrected chi connectivity index (χ1v) is 10.0. The maximum absolute atomic E-state index is 13.2. The van der Waals surface area contributed by atoms with Gasteiger partial charge < -0.3 is 19.5 Å². The van der Waals surface area contributed by atoms with Crippen LogP contribution in [0.25, 0.3) is 0 Å². The molecule has 1 N–H and O–H groups in total. The Bertz CT molecular complexity index is 1070. The number of methoxy groups -OCH3 is 1. The van der Waals surface area contributed by atoms with Crippen molar-refractivity contribution in [3.63, 3.8) is 0 Å². The number of rotatable bonds is 8. The molecule has 1 unspecified atom stereocenters. The summed E-state index contributed by atoms with van der Waals surface area (Å²) in [5, 5.41) is 2.65. The fraction of sp³-hybridized carbons (Fsp3) is 0.200. The van der Waals surface area contributed by atoms with Crippen molar-refractivity contribution in [1.82, 2.24) is 0 Å². The van der Waals surface area contributed by atoms with E-state index in [0.29, 0.717) is 22.7 Å². The number of ether oxygens (including phenoxy) is 3. The Hall–Kier alpha value is -3.87. The number of hydrogen-bond acceptors (Lipinski definition) is 5.